The van der Waals surface area contributed by atoms with E-state index in [2.05, 4.69) is 15.3 Å². The van der Waals surface area contributed by atoms with Crippen LogP contribution in [0.5, 0.6) is 0 Å². The van der Waals surface area contributed by atoms with Crippen molar-refractivity contribution in [1.82, 2.24) is 9.97 Å². The van der Waals surface area contributed by atoms with Gasteiger partial charge in [0.15, 0.2) is 0 Å². The summed E-state index contributed by atoms with van der Waals surface area (Å²) in [5.74, 6) is -0.829. The van der Waals surface area contributed by atoms with Gasteiger partial charge in [-0.1, -0.05) is 0 Å². The average molecular weight is 251 g/mol. The molecule has 0 aliphatic heterocycles. The van der Waals surface area contributed by atoms with Crippen molar-refractivity contribution in [2.24, 2.45) is 0 Å². The Morgan fingerprint density at radius 3 is 2.44 bits per heavy atom. The number of aromatic nitrogens is 2. The number of nitrogens with zero attached hydrogens (tertiary/aromatic N) is 2. The highest BCUT2D eigenvalue weighted by atomic mass is 19.1. The number of nitrogen functional groups attached to an aromatic ring is 2. The lowest BCUT2D eigenvalue weighted by molar-refractivity contribution is 0.595. The summed E-state index contributed by atoms with van der Waals surface area (Å²) < 4.78 is 26.9. The molecule has 0 spiro atoms. The van der Waals surface area contributed by atoms with Crippen molar-refractivity contribution < 1.29 is 8.78 Å². The highest BCUT2D eigenvalue weighted by Crippen LogP contribution is 2.22. The van der Waals surface area contributed by atoms with Crippen LogP contribution in [0.1, 0.15) is 5.56 Å². The topological polar surface area (TPSA) is 89.8 Å². The monoisotopic (exact) mass is 251 g/mol. The van der Waals surface area contributed by atoms with Crippen LogP contribution in [0, 0.1) is 18.6 Å². The summed E-state index contributed by atoms with van der Waals surface area (Å²) in [6.07, 6.45) is 0. The number of benzene rings is 1. The normalized spacial score (nSPS) is 10.4. The molecular weight excluding hydrogens is 240 g/mol. The number of anilines is 4. The Labute approximate surface area is 102 Å². The zero-order valence-electron chi connectivity index (χ0n) is 9.54. The van der Waals surface area contributed by atoms with Crippen molar-refractivity contribution >= 4 is 23.3 Å². The molecular formula is C11H11F2N5. The van der Waals surface area contributed by atoms with E-state index in [1.165, 1.54) is 13.0 Å². The van der Waals surface area contributed by atoms with Gasteiger partial charge in [0.1, 0.15) is 23.3 Å². The Bertz CT molecular complexity index is 580. The van der Waals surface area contributed by atoms with Crippen molar-refractivity contribution in [3.63, 3.8) is 0 Å². The highest BCUT2D eigenvalue weighted by molar-refractivity contribution is 5.60. The van der Waals surface area contributed by atoms with Gasteiger partial charge in [-0.05, 0) is 18.6 Å². The molecule has 0 saturated heterocycles. The molecule has 7 heteroatoms. The quantitative estimate of drug-likeness (QED) is 0.759. The molecule has 2 rings (SSSR count). The molecule has 94 valence electrons. The summed E-state index contributed by atoms with van der Waals surface area (Å²) in [5, 5.41) is 2.60. The maximum atomic E-state index is 13.6. The molecule has 0 amide bonds. The van der Waals surface area contributed by atoms with Crippen LogP contribution in [0.4, 0.5) is 32.1 Å². The minimum absolute atomic E-state index is 0.0457. The van der Waals surface area contributed by atoms with E-state index in [0.717, 1.165) is 12.1 Å². The molecule has 1 aromatic carbocycles. The molecule has 5 nitrogen and oxygen atoms in total. The molecule has 0 atom stereocenters. The summed E-state index contributed by atoms with van der Waals surface area (Å²) >= 11 is 0. The van der Waals surface area contributed by atoms with Gasteiger partial charge >= 0.3 is 0 Å². The summed E-state index contributed by atoms with van der Waals surface area (Å²) in [6, 6.07) is 3.50. The van der Waals surface area contributed by atoms with Crippen LogP contribution < -0.4 is 16.8 Å². The second-order valence-corrected chi connectivity index (χ2v) is 3.74. The van der Waals surface area contributed by atoms with E-state index in [-0.39, 0.29) is 28.8 Å². The molecule has 0 aliphatic rings. The zero-order chi connectivity index (χ0) is 13.3. The van der Waals surface area contributed by atoms with Crippen molar-refractivity contribution in [1.29, 1.82) is 0 Å². The number of hydrogen-bond donors (Lipinski definition) is 3. The van der Waals surface area contributed by atoms with E-state index in [9.17, 15) is 8.78 Å². The molecule has 0 aliphatic carbocycles. The smallest absolute Gasteiger partial charge is 0.223 e. The Kier molecular flexibility index (Phi) is 2.97. The van der Waals surface area contributed by atoms with Gasteiger partial charge in [0.25, 0.3) is 0 Å². The Morgan fingerprint density at radius 2 is 1.78 bits per heavy atom. The van der Waals surface area contributed by atoms with Gasteiger partial charge in [-0.2, -0.15) is 9.97 Å². The molecule has 18 heavy (non-hydrogen) atoms. The maximum absolute atomic E-state index is 13.6. The van der Waals surface area contributed by atoms with E-state index >= 15 is 0 Å². The van der Waals surface area contributed by atoms with Crippen LogP contribution in [0.2, 0.25) is 0 Å². The lowest BCUT2D eigenvalue weighted by Gasteiger charge is -2.09. The fourth-order valence-corrected chi connectivity index (χ4v) is 1.43. The third-order valence-corrected chi connectivity index (χ3v) is 2.27. The van der Waals surface area contributed by atoms with Crippen LogP contribution >= 0.6 is 0 Å². The molecule has 1 aromatic heterocycles. The van der Waals surface area contributed by atoms with Crippen molar-refractivity contribution in [3.8, 4) is 0 Å². The van der Waals surface area contributed by atoms with Crippen LogP contribution in [-0.4, -0.2) is 9.97 Å². The first-order valence-corrected chi connectivity index (χ1v) is 5.08. The number of nitrogens with one attached hydrogen (secondary N) is 1. The van der Waals surface area contributed by atoms with Crippen LogP contribution in [0.25, 0.3) is 0 Å². The Morgan fingerprint density at radius 1 is 1.06 bits per heavy atom. The first-order valence-electron chi connectivity index (χ1n) is 5.08. The molecule has 0 unspecified atom stereocenters. The standard InChI is InChI=1S/C11H11F2N5/c1-5-2-7(13)8(3-6(5)12)16-10-4-9(14)17-11(15)18-10/h2-4H,1H3,(H5,14,15,16,17,18). The van der Waals surface area contributed by atoms with E-state index in [1.807, 2.05) is 0 Å². The fraction of sp³-hybridized carbons (Fsp3) is 0.0909. The van der Waals surface area contributed by atoms with E-state index in [1.54, 1.807) is 0 Å². The van der Waals surface area contributed by atoms with Gasteiger partial charge in [-0.3, -0.25) is 0 Å². The van der Waals surface area contributed by atoms with Gasteiger partial charge in [0, 0.05) is 12.1 Å². The molecule has 0 fully saturated rings. The molecule has 0 saturated carbocycles. The Hall–Kier alpha value is -2.44. The number of aryl methyl sites for hydroxylation is 1. The number of halogens is 2. The number of hydrogen-bond acceptors (Lipinski definition) is 5. The highest BCUT2D eigenvalue weighted by Gasteiger charge is 2.09. The van der Waals surface area contributed by atoms with Gasteiger partial charge < -0.3 is 16.8 Å². The minimum Gasteiger partial charge on any atom is -0.383 e. The second kappa shape index (κ2) is 4.44. The third-order valence-electron chi connectivity index (χ3n) is 2.27. The number of nitrogens with two attached hydrogens (primary N) is 2. The second-order valence-electron chi connectivity index (χ2n) is 3.74. The third kappa shape index (κ3) is 2.45. The Balaban J connectivity index is 2.36. The van der Waals surface area contributed by atoms with Gasteiger partial charge in [-0.25, -0.2) is 8.78 Å². The van der Waals surface area contributed by atoms with Crippen molar-refractivity contribution in [2.45, 2.75) is 6.92 Å². The summed E-state index contributed by atoms with van der Waals surface area (Å²) in [6.45, 7) is 1.48. The molecule has 5 N–H and O–H groups in total. The molecule has 0 bridgehead atoms. The van der Waals surface area contributed by atoms with E-state index in [0.29, 0.717) is 0 Å². The lowest BCUT2D eigenvalue weighted by atomic mass is 10.2. The summed E-state index contributed by atoms with van der Waals surface area (Å²) in [4.78, 5) is 7.48. The minimum atomic E-state index is -0.593. The van der Waals surface area contributed by atoms with Gasteiger partial charge in [0.2, 0.25) is 5.95 Å². The predicted molar refractivity (Wildman–Crippen MR) is 65.2 cm³/mol. The first kappa shape index (κ1) is 12.0. The predicted octanol–water partition coefficient (Wildman–Crippen LogP) is 1.97. The zero-order valence-corrected chi connectivity index (χ0v) is 9.54. The molecule has 1 heterocycles. The first-order chi connectivity index (χ1) is 8.45. The van der Waals surface area contributed by atoms with Crippen LogP contribution in [0.3, 0.4) is 0 Å². The van der Waals surface area contributed by atoms with Gasteiger partial charge in [-0.15, -0.1) is 0 Å². The largest absolute Gasteiger partial charge is 0.383 e. The maximum Gasteiger partial charge on any atom is 0.223 e. The molecule has 0 radical (unpaired) electrons. The summed E-state index contributed by atoms with van der Waals surface area (Å²) in [5.41, 5.74) is 11.0. The average Bonchev–Trinajstić information content (AvgIpc) is 2.24. The van der Waals surface area contributed by atoms with E-state index < -0.39 is 11.6 Å². The SMILES string of the molecule is Cc1cc(F)c(Nc2cc(N)nc(N)n2)cc1F. The van der Waals surface area contributed by atoms with Gasteiger partial charge in [0.05, 0.1) is 5.69 Å². The van der Waals surface area contributed by atoms with Crippen molar-refractivity contribution in [3.05, 3.63) is 35.4 Å². The molecule has 2 aromatic rings. The van der Waals surface area contributed by atoms with E-state index in [4.69, 9.17) is 11.5 Å². The summed E-state index contributed by atoms with van der Waals surface area (Å²) in [7, 11) is 0. The van der Waals surface area contributed by atoms with Crippen LogP contribution in [0.15, 0.2) is 18.2 Å². The number of rotatable bonds is 2. The van der Waals surface area contributed by atoms with Crippen LogP contribution in [-0.2, 0) is 0 Å². The van der Waals surface area contributed by atoms with Crippen molar-refractivity contribution in [2.75, 3.05) is 16.8 Å². The fourth-order valence-electron chi connectivity index (χ4n) is 1.43. The lowest BCUT2D eigenvalue weighted by Crippen LogP contribution is -2.04.